The van der Waals surface area contributed by atoms with Crippen molar-refractivity contribution in [2.45, 2.75) is 62.7 Å². The zero-order valence-corrected chi connectivity index (χ0v) is 25.2. The molecule has 8 heteroatoms. The molecule has 4 atom stereocenters. The molecule has 1 aliphatic carbocycles. The Morgan fingerprint density at radius 3 is 2.16 bits per heavy atom. The number of amides is 3. The number of hydrogen-bond acceptors (Lipinski definition) is 4. The molecule has 3 amide bonds. The van der Waals surface area contributed by atoms with Crippen LogP contribution in [0.2, 0.25) is 0 Å². The van der Waals surface area contributed by atoms with Crippen LogP contribution in [0.1, 0.15) is 70.4 Å². The molecule has 6 rings (SSSR count). The van der Waals surface area contributed by atoms with Gasteiger partial charge in [0.2, 0.25) is 5.91 Å². The standard InChI is InChI=1S/C36H36FN3O3S/c37-27-20-18-24(19-21-27)23-38-35(42)33-30(25-11-4-1-5-12-25)31(34(41)26-13-6-2-7-14-26)32(29-17-10-22-44-29)40(33)36(43)39-28-15-8-3-9-16-28/h1-2,4-7,10-14,17-22,28,30-33H,3,8-9,15-16,23H2,(H,38,42)(H,39,43). The molecule has 2 N–H and O–H groups in total. The second-order valence-corrected chi connectivity index (χ2v) is 12.6. The molecule has 226 valence electrons. The van der Waals surface area contributed by atoms with Crippen molar-refractivity contribution in [2.75, 3.05) is 0 Å². The number of Topliss-reactive ketones (excluding diaryl/α,β-unsaturated/α-hetero) is 1. The van der Waals surface area contributed by atoms with E-state index >= 15 is 0 Å². The summed E-state index contributed by atoms with van der Waals surface area (Å²) in [4.78, 5) is 45.8. The molecule has 3 aromatic carbocycles. The number of ketones is 1. The van der Waals surface area contributed by atoms with Gasteiger partial charge in [-0.3, -0.25) is 9.59 Å². The monoisotopic (exact) mass is 609 g/mol. The molecule has 2 aliphatic rings. The van der Waals surface area contributed by atoms with Crippen molar-refractivity contribution in [3.63, 3.8) is 0 Å². The lowest BCUT2D eigenvalue weighted by Crippen LogP contribution is -2.53. The highest BCUT2D eigenvalue weighted by molar-refractivity contribution is 7.10. The number of benzene rings is 3. The molecule has 4 unspecified atom stereocenters. The van der Waals surface area contributed by atoms with E-state index in [1.807, 2.05) is 66.0 Å². The van der Waals surface area contributed by atoms with Crippen molar-refractivity contribution in [3.05, 3.63) is 130 Å². The molecule has 6 nitrogen and oxygen atoms in total. The van der Waals surface area contributed by atoms with Crippen LogP contribution in [0.5, 0.6) is 0 Å². The Balaban J connectivity index is 1.46. The summed E-state index contributed by atoms with van der Waals surface area (Å²) in [5, 5.41) is 8.21. The first kappa shape index (κ1) is 29.8. The van der Waals surface area contributed by atoms with Gasteiger partial charge in [-0.2, -0.15) is 0 Å². The second-order valence-electron chi connectivity index (χ2n) is 11.6. The molecule has 44 heavy (non-hydrogen) atoms. The number of halogens is 1. The van der Waals surface area contributed by atoms with Gasteiger partial charge in [0.1, 0.15) is 11.9 Å². The highest BCUT2D eigenvalue weighted by Crippen LogP contribution is 2.52. The number of nitrogens with one attached hydrogen (secondary N) is 2. The van der Waals surface area contributed by atoms with Gasteiger partial charge >= 0.3 is 6.03 Å². The summed E-state index contributed by atoms with van der Waals surface area (Å²) in [6, 6.07) is 26.6. The van der Waals surface area contributed by atoms with Crippen molar-refractivity contribution in [3.8, 4) is 0 Å². The molecule has 0 radical (unpaired) electrons. The fourth-order valence-corrected chi connectivity index (χ4v) is 7.66. The van der Waals surface area contributed by atoms with E-state index in [0.29, 0.717) is 5.56 Å². The fraction of sp³-hybridized carbons (Fsp3) is 0.306. The van der Waals surface area contributed by atoms with Crippen molar-refractivity contribution in [1.29, 1.82) is 0 Å². The lowest BCUT2D eigenvalue weighted by molar-refractivity contribution is -0.125. The number of urea groups is 1. The van der Waals surface area contributed by atoms with Gasteiger partial charge in [-0.05, 0) is 47.5 Å². The minimum absolute atomic E-state index is 0.0159. The summed E-state index contributed by atoms with van der Waals surface area (Å²) in [6.45, 7) is 0.163. The van der Waals surface area contributed by atoms with E-state index in [1.165, 1.54) is 23.5 Å². The van der Waals surface area contributed by atoms with Gasteiger partial charge < -0.3 is 15.5 Å². The zero-order chi connectivity index (χ0) is 30.5. The van der Waals surface area contributed by atoms with E-state index in [4.69, 9.17) is 0 Å². The van der Waals surface area contributed by atoms with Gasteiger partial charge in [-0.25, -0.2) is 9.18 Å². The Morgan fingerprint density at radius 2 is 1.50 bits per heavy atom. The normalized spacial score (nSPS) is 22.0. The van der Waals surface area contributed by atoms with E-state index in [1.54, 1.807) is 29.2 Å². The van der Waals surface area contributed by atoms with Gasteiger partial charge in [-0.15, -0.1) is 11.3 Å². The Kier molecular flexibility index (Phi) is 9.17. The van der Waals surface area contributed by atoms with Crippen LogP contribution in [0.15, 0.2) is 102 Å². The first-order chi connectivity index (χ1) is 21.5. The third kappa shape index (κ3) is 6.31. The molecular formula is C36H36FN3O3S. The van der Waals surface area contributed by atoms with Gasteiger partial charge in [0.15, 0.2) is 5.78 Å². The SMILES string of the molecule is O=C(c1ccccc1)C1C(c2ccccc2)C(C(=O)NCc2ccc(F)cc2)N(C(=O)NC2CCCCC2)C1c1cccs1. The van der Waals surface area contributed by atoms with Crippen LogP contribution < -0.4 is 10.6 Å². The number of rotatable bonds is 8. The van der Waals surface area contributed by atoms with Crippen LogP contribution in [-0.4, -0.2) is 34.7 Å². The summed E-state index contributed by atoms with van der Waals surface area (Å²) in [6.07, 6.45) is 5.01. The lowest BCUT2D eigenvalue weighted by Gasteiger charge is -2.33. The topological polar surface area (TPSA) is 78.5 Å². The Hall–Kier alpha value is -4.30. The van der Waals surface area contributed by atoms with Gasteiger partial charge in [-0.1, -0.05) is 98.1 Å². The summed E-state index contributed by atoms with van der Waals surface area (Å²) in [7, 11) is 0. The van der Waals surface area contributed by atoms with Gasteiger partial charge in [0.25, 0.3) is 0 Å². The minimum atomic E-state index is -0.966. The summed E-state index contributed by atoms with van der Waals surface area (Å²) < 4.78 is 13.6. The maximum absolute atomic E-state index is 14.6. The predicted octanol–water partition coefficient (Wildman–Crippen LogP) is 7.25. The summed E-state index contributed by atoms with van der Waals surface area (Å²) >= 11 is 1.49. The van der Waals surface area contributed by atoms with Crippen LogP contribution in [0.4, 0.5) is 9.18 Å². The first-order valence-electron chi connectivity index (χ1n) is 15.3. The smallest absolute Gasteiger partial charge is 0.318 e. The number of nitrogens with zero attached hydrogens (tertiary/aromatic N) is 1. The maximum Gasteiger partial charge on any atom is 0.318 e. The Labute approximate surface area is 261 Å². The average Bonchev–Trinajstić information content (AvgIpc) is 3.72. The third-order valence-electron chi connectivity index (χ3n) is 8.86. The highest BCUT2D eigenvalue weighted by Gasteiger charge is 2.57. The first-order valence-corrected chi connectivity index (χ1v) is 16.2. The van der Waals surface area contributed by atoms with E-state index in [9.17, 15) is 18.8 Å². The molecule has 1 aromatic heterocycles. The third-order valence-corrected chi connectivity index (χ3v) is 9.81. The number of carbonyl (C=O) groups is 3. The molecule has 0 spiro atoms. The quantitative estimate of drug-likeness (QED) is 0.207. The van der Waals surface area contributed by atoms with E-state index in [0.717, 1.165) is 48.1 Å². The molecule has 0 bridgehead atoms. The highest BCUT2D eigenvalue weighted by atomic mass is 32.1. The number of thiophene rings is 1. The number of likely N-dealkylation sites (tertiary alicyclic amines) is 1. The zero-order valence-electron chi connectivity index (χ0n) is 24.4. The molecule has 1 saturated heterocycles. The van der Waals surface area contributed by atoms with Crippen LogP contribution in [-0.2, 0) is 11.3 Å². The van der Waals surface area contributed by atoms with Gasteiger partial charge in [0.05, 0.1) is 12.0 Å². The molecule has 1 aliphatic heterocycles. The number of carbonyl (C=O) groups excluding carboxylic acids is 3. The number of hydrogen-bond donors (Lipinski definition) is 2. The maximum atomic E-state index is 14.6. The largest absolute Gasteiger partial charge is 0.350 e. The van der Waals surface area contributed by atoms with Crippen molar-refractivity contribution >= 4 is 29.1 Å². The van der Waals surface area contributed by atoms with Crippen molar-refractivity contribution < 1.29 is 18.8 Å². The lowest BCUT2D eigenvalue weighted by atomic mass is 9.77. The van der Waals surface area contributed by atoms with Crippen molar-refractivity contribution in [2.24, 2.45) is 5.92 Å². The Bertz CT molecular complexity index is 1560. The average molecular weight is 610 g/mol. The van der Waals surface area contributed by atoms with E-state index in [2.05, 4.69) is 10.6 Å². The second kappa shape index (κ2) is 13.6. The molecule has 2 fully saturated rings. The van der Waals surface area contributed by atoms with Crippen LogP contribution in [0.3, 0.4) is 0 Å². The van der Waals surface area contributed by atoms with Crippen LogP contribution >= 0.6 is 11.3 Å². The van der Waals surface area contributed by atoms with E-state index in [-0.39, 0.29) is 36.1 Å². The fourth-order valence-electron chi connectivity index (χ4n) is 6.79. The molecule has 4 aromatic rings. The minimum Gasteiger partial charge on any atom is -0.350 e. The predicted molar refractivity (Wildman–Crippen MR) is 170 cm³/mol. The molecular weight excluding hydrogens is 573 g/mol. The summed E-state index contributed by atoms with van der Waals surface area (Å²) in [5.74, 6) is -2.14. The van der Waals surface area contributed by atoms with E-state index < -0.39 is 23.9 Å². The summed E-state index contributed by atoms with van der Waals surface area (Å²) in [5.41, 5.74) is 2.09. The Morgan fingerprint density at radius 1 is 0.818 bits per heavy atom. The van der Waals surface area contributed by atoms with Crippen LogP contribution in [0, 0.1) is 11.7 Å². The molecule has 1 saturated carbocycles. The van der Waals surface area contributed by atoms with Gasteiger partial charge in [0, 0.05) is 28.9 Å². The van der Waals surface area contributed by atoms with Crippen molar-refractivity contribution in [1.82, 2.24) is 15.5 Å². The van der Waals surface area contributed by atoms with Crippen LogP contribution in [0.25, 0.3) is 0 Å². The molecule has 2 heterocycles.